The topological polar surface area (TPSA) is 91.3 Å². The molecule has 2 aromatic heterocycles. The molecule has 24 heavy (non-hydrogen) atoms. The first-order valence-corrected chi connectivity index (χ1v) is 7.71. The molecule has 1 fully saturated rings. The van der Waals surface area contributed by atoms with Crippen LogP contribution in [0.5, 0.6) is 0 Å². The van der Waals surface area contributed by atoms with Gasteiger partial charge in [0, 0.05) is 44.8 Å². The van der Waals surface area contributed by atoms with Gasteiger partial charge in [0.1, 0.15) is 0 Å². The number of nitrogens with one attached hydrogen (secondary N) is 1. The first-order valence-electron chi connectivity index (χ1n) is 7.71. The number of anilines is 1. The highest BCUT2D eigenvalue weighted by Gasteiger charge is 2.18. The minimum Gasteiger partial charge on any atom is -0.346 e. The van der Waals surface area contributed by atoms with Crippen molar-refractivity contribution >= 4 is 18.3 Å². The van der Waals surface area contributed by atoms with Gasteiger partial charge in [-0.05, 0) is 12.1 Å². The largest absolute Gasteiger partial charge is 0.346 e. The van der Waals surface area contributed by atoms with Crippen molar-refractivity contribution in [3.05, 3.63) is 48.0 Å². The molecule has 0 radical (unpaired) electrons. The number of amides is 2. The van der Waals surface area contributed by atoms with Crippen LogP contribution in [-0.2, 0) is 11.3 Å². The molecule has 8 nitrogen and oxygen atoms in total. The van der Waals surface area contributed by atoms with E-state index in [0.29, 0.717) is 44.2 Å². The van der Waals surface area contributed by atoms with Crippen molar-refractivity contribution in [3.63, 3.8) is 0 Å². The molecule has 0 aromatic carbocycles. The maximum Gasteiger partial charge on any atom is 0.254 e. The van der Waals surface area contributed by atoms with Gasteiger partial charge in [0.15, 0.2) is 0 Å². The van der Waals surface area contributed by atoms with E-state index in [0.717, 1.165) is 12.1 Å². The van der Waals surface area contributed by atoms with Crippen LogP contribution in [0.15, 0.2) is 36.8 Å². The third kappa shape index (κ3) is 3.83. The number of nitrogens with zero attached hydrogens (tertiary/aromatic N) is 5. The van der Waals surface area contributed by atoms with Crippen molar-refractivity contribution in [2.24, 2.45) is 0 Å². The fourth-order valence-electron chi connectivity index (χ4n) is 2.40. The molecule has 0 atom stereocenters. The molecule has 1 aliphatic rings. The lowest BCUT2D eigenvalue weighted by Gasteiger charge is -2.32. The number of carbonyl (C=O) groups excluding carboxylic acids is 2. The van der Waals surface area contributed by atoms with Gasteiger partial charge >= 0.3 is 0 Å². The van der Waals surface area contributed by atoms with Crippen LogP contribution in [0.4, 0.5) is 5.95 Å². The molecule has 2 amide bonds. The molecule has 1 aliphatic heterocycles. The van der Waals surface area contributed by atoms with Crippen LogP contribution < -0.4 is 10.2 Å². The van der Waals surface area contributed by atoms with Gasteiger partial charge in [0.05, 0.1) is 17.8 Å². The second kappa shape index (κ2) is 7.49. The van der Waals surface area contributed by atoms with Gasteiger partial charge in [-0.1, -0.05) is 6.07 Å². The Morgan fingerprint density at radius 3 is 2.50 bits per heavy atom. The highest BCUT2D eigenvalue weighted by Crippen LogP contribution is 2.10. The van der Waals surface area contributed by atoms with Crippen molar-refractivity contribution in [3.8, 4) is 0 Å². The Morgan fingerprint density at radius 1 is 1.12 bits per heavy atom. The predicted octanol–water partition coefficient (Wildman–Crippen LogP) is 0.0800. The van der Waals surface area contributed by atoms with E-state index in [-0.39, 0.29) is 5.91 Å². The van der Waals surface area contributed by atoms with Crippen LogP contribution in [0, 0.1) is 0 Å². The summed E-state index contributed by atoms with van der Waals surface area (Å²) in [7, 11) is 0. The smallest absolute Gasteiger partial charge is 0.254 e. The minimum atomic E-state index is -0.238. The Labute approximate surface area is 139 Å². The van der Waals surface area contributed by atoms with E-state index in [9.17, 15) is 9.59 Å². The molecule has 1 N–H and O–H groups in total. The molecular weight excluding hydrogens is 308 g/mol. The van der Waals surface area contributed by atoms with E-state index in [1.165, 1.54) is 12.4 Å². The summed E-state index contributed by atoms with van der Waals surface area (Å²) in [5, 5.41) is 2.79. The molecule has 8 heteroatoms. The van der Waals surface area contributed by atoms with Crippen LogP contribution in [0.25, 0.3) is 0 Å². The monoisotopic (exact) mass is 326 g/mol. The maximum absolute atomic E-state index is 12.1. The number of pyridine rings is 1. The van der Waals surface area contributed by atoms with Gasteiger partial charge in [0.2, 0.25) is 12.4 Å². The lowest BCUT2D eigenvalue weighted by atomic mass is 10.3. The highest BCUT2D eigenvalue weighted by atomic mass is 16.1. The normalized spacial score (nSPS) is 14.3. The Morgan fingerprint density at radius 2 is 1.88 bits per heavy atom. The zero-order valence-corrected chi connectivity index (χ0v) is 13.1. The average Bonchev–Trinajstić information content (AvgIpc) is 2.67. The quantitative estimate of drug-likeness (QED) is 0.783. The van der Waals surface area contributed by atoms with Crippen molar-refractivity contribution in [1.29, 1.82) is 0 Å². The molecule has 3 rings (SSSR count). The summed E-state index contributed by atoms with van der Waals surface area (Å²) in [6.45, 7) is 3.03. The van der Waals surface area contributed by atoms with Crippen LogP contribution in [0.2, 0.25) is 0 Å². The number of aromatic nitrogens is 3. The van der Waals surface area contributed by atoms with Crippen molar-refractivity contribution in [2.45, 2.75) is 6.54 Å². The third-order valence-corrected chi connectivity index (χ3v) is 3.80. The molecule has 124 valence electrons. The molecule has 0 unspecified atom stereocenters. The summed E-state index contributed by atoms with van der Waals surface area (Å²) in [6.07, 6.45) is 5.57. The molecule has 3 heterocycles. The van der Waals surface area contributed by atoms with Crippen LogP contribution in [-0.4, -0.2) is 58.3 Å². The van der Waals surface area contributed by atoms with Gasteiger partial charge in [0.25, 0.3) is 5.91 Å². The number of hydrogen-bond donors (Lipinski definition) is 1. The van der Waals surface area contributed by atoms with Crippen LogP contribution in [0.3, 0.4) is 0 Å². The van der Waals surface area contributed by atoms with E-state index < -0.39 is 0 Å². The van der Waals surface area contributed by atoms with Crippen molar-refractivity contribution < 1.29 is 9.59 Å². The minimum absolute atomic E-state index is 0.238. The Kier molecular flexibility index (Phi) is 4.95. The zero-order chi connectivity index (χ0) is 16.8. The number of piperazine rings is 1. The number of carbonyl (C=O) groups is 2. The van der Waals surface area contributed by atoms with Crippen molar-refractivity contribution in [1.82, 2.24) is 25.2 Å². The molecule has 0 saturated carbocycles. The van der Waals surface area contributed by atoms with E-state index >= 15 is 0 Å². The Bertz CT molecular complexity index is 683. The lowest BCUT2D eigenvalue weighted by Crippen LogP contribution is -2.46. The van der Waals surface area contributed by atoms with Gasteiger partial charge < -0.3 is 15.1 Å². The van der Waals surface area contributed by atoms with E-state index in [4.69, 9.17) is 0 Å². The number of rotatable bonds is 5. The summed E-state index contributed by atoms with van der Waals surface area (Å²) in [5.41, 5.74) is 1.19. The Balaban J connectivity index is 1.56. The highest BCUT2D eigenvalue weighted by molar-refractivity contribution is 5.93. The van der Waals surface area contributed by atoms with Crippen LogP contribution >= 0.6 is 0 Å². The van der Waals surface area contributed by atoms with E-state index in [1.54, 1.807) is 11.1 Å². The molecule has 2 aromatic rings. The van der Waals surface area contributed by atoms with Crippen molar-refractivity contribution in [2.75, 3.05) is 31.1 Å². The van der Waals surface area contributed by atoms with Gasteiger partial charge in [-0.2, -0.15) is 0 Å². The lowest BCUT2D eigenvalue weighted by molar-refractivity contribution is -0.118. The zero-order valence-electron chi connectivity index (χ0n) is 13.1. The Hall–Kier alpha value is -3.03. The maximum atomic E-state index is 12.1. The first-order chi connectivity index (χ1) is 11.8. The van der Waals surface area contributed by atoms with Gasteiger partial charge in [-0.15, -0.1) is 0 Å². The standard InChI is InChI=1S/C16H18N6O2/c23-12-21-5-7-22(8-6-21)16-19-9-13(10-20-16)15(24)18-11-14-3-1-2-4-17-14/h1-4,9-10,12H,5-8,11H2,(H,18,24). The van der Waals surface area contributed by atoms with Gasteiger partial charge in [-0.25, -0.2) is 9.97 Å². The van der Waals surface area contributed by atoms with E-state index in [2.05, 4.69) is 20.3 Å². The summed E-state index contributed by atoms with van der Waals surface area (Å²) in [5.74, 6) is 0.333. The predicted molar refractivity (Wildman–Crippen MR) is 87.3 cm³/mol. The SMILES string of the molecule is O=CN1CCN(c2ncc(C(=O)NCc3ccccn3)cn2)CC1. The summed E-state index contributed by atoms with van der Waals surface area (Å²) < 4.78 is 0. The summed E-state index contributed by atoms with van der Waals surface area (Å²) in [4.78, 5) is 39.2. The van der Waals surface area contributed by atoms with E-state index in [1.807, 2.05) is 23.1 Å². The molecular formula is C16H18N6O2. The average molecular weight is 326 g/mol. The third-order valence-electron chi connectivity index (χ3n) is 3.80. The molecule has 0 aliphatic carbocycles. The number of hydrogen-bond acceptors (Lipinski definition) is 6. The second-order valence-corrected chi connectivity index (χ2v) is 5.40. The first kappa shape index (κ1) is 15.9. The molecule has 0 bridgehead atoms. The fraction of sp³-hybridized carbons (Fsp3) is 0.312. The molecule has 0 spiro atoms. The second-order valence-electron chi connectivity index (χ2n) is 5.40. The fourth-order valence-corrected chi connectivity index (χ4v) is 2.40. The van der Waals surface area contributed by atoms with Gasteiger partial charge in [-0.3, -0.25) is 14.6 Å². The van der Waals surface area contributed by atoms with Crippen LogP contribution in [0.1, 0.15) is 16.1 Å². The summed E-state index contributed by atoms with van der Waals surface area (Å²) in [6, 6.07) is 5.54. The molecule has 1 saturated heterocycles. The summed E-state index contributed by atoms with van der Waals surface area (Å²) >= 11 is 0.